The van der Waals surface area contributed by atoms with Gasteiger partial charge in [0, 0.05) is 0 Å². The summed E-state index contributed by atoms with van der Waals surface area (Å²) in [5.41, 5.74) is 2.38. The molecule has 0 bridgehead atoms. The molecular formula is C13H8OPd. The molecule has 0 saturated carbocycles. The van der Waals surface area contributed by atoms with E-state index in [2.05, 4.69) is 6.07 Å². The Kier molecular flexibility index (Phi) is 4.43. The minimum atomic E-state index is 0. The first kappa shape index (κ1) is 11.8. The Morgan fingerprint density at radius 2 is 1.73 bits per heavy atom. The summed E-state index contributed by atoms with van der Waals surface area (Å²) >= 11 is 0. The predicted octanol–water partition coefficient (Wildman–Crippen LogP) is 2.61. The van der Waals surface area contributed by atoms with Crippen LogP contribution in [-0.4, -0.2) is 6.29 Å². The molecule has 0 unspecified atom stereocenters. The zero-order valence-corrected chi connectivity index (χ0v) is 9.40. The third-order valence-electron chi connectivity index (χ3n) is 2.04. The van der Waals surface area contributed by atoms with Gasteiger partial charge in [-0.2, -0.15) is 6.07 Å². The Bertz CT molecular complexity index is 437. The van der Waals surface area contributed by atoms with Crippen molar-refractivity contribution in [2.45, 2.75) is 0 Å². The van der Waals surface area contributed by atoms with Gasteiger partial charge in [0.25, 0.3) is 0 Å². The monoisotopic (exact) mass is 286 g/mol. The van der Waals surface area contributed by atoms with Crippen LogP contribution in [0, 0.1) is 6.07 Å². The Hall–Kier alpha value is -1.23. The van der Waals surface area contributed by atoms with Crippen LogP contribution in [0.15, 0.2) is 48.5 Å². The quantitative estimate of drug-likeness (QED) is 0.613. The Balaban J connectivity index is 0.00000112. The molecule has 2 aromatic carbocycles. The second-order valence-corrected chi connectivity index (χ2v) is 2.92. The number of benzene rings is 2. The van der Waals surface area contributed by atoms with E-state index in [1.54, 1.807) is 6.07 Å². The molecule has 0 heterocycles. The fourth-order valence-electron chi connectivity index (χ4n) is 1.37. The molecule has 0 spiro atoms. The topological polar surface area (TPSA) is 17.1 Å². The van der Waals surface area contributed by atoms with Crippen molar-refractivity contribution in [3.05, 3.63) is 60.2 Å². The fraction of sp³-hybridized carbons (Fsp3) is 0. The smallest absolute Gasteiger partial charge is 0.376 e. The van der Waals surface area contributed by atoms with Gasteiger partial charge in [0.05, 0.1) is 6.29 Å². The van der Waals surface area contributed by atoms with Gasteiger partial charge in [0.2, 0.25) is 0 Å². The van der Waals surface area contributed by atoms with Crippen molar-refractivity contribution >= 4 is 6.29 Å². The number of carbonyl (C=O) groups excluding carboxylic acids is 1. The van der Waals surface area contributed by atoms with Gasteiger partial charge in [0.1, 0.15) is 0 Å². The summed E-state index contributed by atoms with van der Waals surface area (Å²) in [5.74, 6) is 0. The maximum atomic E-state index is 10.7. The molecule has 2 aromatic rings. The molecule has 0 aromatic heterocycles. The summed E-state index contributed by atoms with van der Waals surface area (Å²) in [7, 11) is 0. The first-order valence-electron chi connectivity index (χ1n) is 4.36. The normalized spacial score (nSPS) is 9.07. The van der Waals surface area contributed by atoms with E-state index in [9.17, 15) is 4.79 Å². The van der Waals surface area contributed by atoms with E-state index in [0.29, 0.717) is 5.56 Å². The second kappa shape index (κ2) is 5.60. The van der Waals surface area contributed by atoms with E-state index >= 15 is 0 Å². The Labute approximate surface area is 103 Å². The van der Waals surface area contributed by atoms with Crippen LogP contribution < -0.4 is 0 Å². The molecule has 2 heteroatoms. The van der Waals surface area contributed by atoms with Crippen LogP contribution in [0.3, 0.4) is 0 Å². The molecule has 0 radical (unpaired) electrons. The van der Waals surface area contributed by atoms with E-state index in [-0.39, 0.29) is 20.4 Å². The zero-order valence-electron chi connectivity index (χ0n) is 7.84. The van der Waals surface area contributed by atoms with Crippen molar-refractivity contribution in [1.29, 1.82) is 0 Å². The number of rotatable bonds is 2. The average molecular weight is 287 g/mol. The molecule has 1 nitrogen and oxygen atoms in total. The molecule has 0 saturated heterocycles. The summed E-state index contributed by atoms with van der Waals surface area (Å²) in [6, 6.07) is 18.0. The van der Waals surface area contributed by atoms with E-state index in [4.69, 9.17) is 0 Å². The van der Waals surface area contributed by atoms with E-state index in [1.807, 2.05) is 48.8 Å². The predicted molar refractivity (Wildman–Crippen MR) is 55.5 cm³/mol. The number of hydrogen-bond donors (Lipinski definition) is 0. The summed E-state index contributed by atoms with van der Waals surface area (Å²) in [4.78, 5) is 10.7. The summed E-state index contributed by atoms with van der Waals surface area (Å²) in [6.07, 6.45) is 1.92. The average Bonchev–Trinajstić information content (AvgIpc) is 2.30. The molecule has 0 fully saturated rings. The summed E-state index contributed by atoms with van der Waals surface area (Å²) in [6.45, 7) is 0. The van der Waals surface area contributed by atoms with Gasteiger partial charge in [-0.25, -0.2) is 0 Å². The molecule has 76 valence electrons. The van der Waals surface area contributed by atoms with Crippen LogP contribution in [0.1, 0.15) is 5.56 Å². The molecule has 0 aliphatic carbocycles. The summed E-state index contributed by atoms with van der Waals surface area (Å²) in [5, 5.41) is 0. The molecule has 0 N–H and O–H groups in total. The minimum absolute atomic E-state index is 0. The maximum Gasteiger partial charge on any atom is 2.00 e. The van der Waals surface area contributed by atoms with Gasteiger partial charge in [-0.1, -0.05) is 12.1 Å². The van der Waals surface area contributed by atoms with Crippen LogP contribution in [0.25, 0.3) is 11.1 Å². The molecule has 0 aliphatic rings. The van der Waals surface area contributed by atoms with Crippen molar-refractivity contribution in [2.24, 2.45) is 0 Å². The van der Waals surface area contributed by atoms with Gasteiger partial charge < -0.3 is 4.79 Å². The number of hydrogen-bond acceptors (Lipinski definition) is 1. The van der Waals surface area contributed by atoms with E-state index in [1.165, 1.54) is 0 Å². The van der Waals surface area contributed by atoms with Gasteiger partial charge in [-0.15, -0.1) is 53.1 Å². The summed E-state index contributed by atoms with van der Waals surface area (Å²) < 4.78 is 0. The van der Waals surface area contributed by atoms with Crippen molar-refractivity contribution in [2.75, 3.05) is 0 Å². The van der Waals surface area contributed by atoms with Gasteiger partial charge in [-0.3, -0.25) is 0 Å². The molecule has 0 amide bonds. The fourth-order valence-corrected chi connectivity index (χ4v) is 1.37. The third kappa shape index (κ3) is 2.62. The van der Waals surface area contributed by atoms with Crippen molar-refractivity contribution in [3.63, 3.8) is 0 Å². The van der Waals surface area contributed by atoms with Crippen LogP contribution in [0.4, 0.5) is 0 Å². The Morgan fingerprint density at radius 1 is 1.00 bits per heavy atom. The molecule has 0 aliphatic heterocycles. The van der Waals surface area contributed by atoms with Crippen LogP contribution in [0.2, 0.25) is 0 Å². The largest absolute Gasteiger partial charge is 2.00 e. The SMILES string of the molecule is O=[C-]c1ccccc1-c1[c-]cccc1.[Pd+2]. The zero-order chi connectivity index (χ0) is 9.80. The maximum absolute atomic E-state index is 10.7. The molecule has 2 rings (SSSR count). The minimum Gasteiger partial charge on any atom is -0.376 e. The van der Waals surface area contributed by atoms with E-state index in [0.717, 1.165) is 11.1 Å². The van der Waals surface area contributed by atoms with Gasteiger partial charge in [-0.05, 0) is 0 Å². The van der Waals surface area contributed by atoms with Gasteiger partial charge >= 0.3 is 20.4 Å². The van der Waals surface area contributed by atoms with Crippen LogP contribution in [0.5, 0.6) is 0 Å². The Morgan fingerprint density at radius 3 is 2.40 bits per heavy atom. The van der Waals surface area contributed by atoms with Gasteiger partial charge in [0.15, 0.2) is 0 Å². The van der Waals surface area contributed by atoms with Crippen LogP contribution >= 0.6 is 0 Å². The molecule has 0 atom stereocenters. The first-order chi connectivity index (χ1) is 6.92. The molecule has 15 heavy (non-hydrogen) atoms. The third-order valence-corrected chi connectivity index (χ3v) is 2.04. The van der Waals surface area contributed by atoms with Crippen molar-refractivity contribution in [1.82, 2.24) is 0 Å². The molecular weight excluding hydrogens is 279 g/mol. The van der Waals surface area contributed by atoms with Crippen LogP contribution in [-0.2, 0) is 25.2 Å². The van der Waals surface area contributed by atoms with Crippen molar-refractivity contribution < 1.29 is 25.2 Å². The van der Waals surface area contributed by atoms with E-state index < -0.39 is 0 Å². The standard InChI is InChI=1S/C13H8O.Pd/c14-10-12-8-4-5-9-13(12)11-6-2-1-3-7-11;/h1-6,8-9H;/q-2;+2. The second-order valence-electron chi connectivity index (χ2n) is 2.92. The first-order valence-corrected chi connectivity index (χ1v) is 4.36. The van der Waals surface area contributed by atoms with Crippen molar-refractivity contribution in [3.8, 4) is 11.1 Å².